The van der Waals surface area contributed by atoms with Gasteiger partial charge in [0.15, 0.2) is 0 Å². The summed E-state index contributed by atoms with van der Waals surface area (Å²) in [5.74, 6) is 1.86. The minimum absolute atomic E-state index is 0.497. The Hall–Kier alpha value is -0.0400. The topological polar surface area (TPSA) is 12.0 Å². The average molecular weight is 225 g/mol. The summed E-state index contributed by atoms with van der Waals surface area (Å²) in [5.41, 5.74) is 0.497. The van der Waals surface area contributed by atoms with E-state index < -0.39 is 0 Å². The lowest BCUT2D eigenvalue weighted by atomic mass is 9.74. The lowest BCUT2D eigenvalue weighted by Crippen LogP contribution is -2.40. The van der Waals surface area contributed by atoms with E-state index in [4.69, 9.17) is 0 Å². The van der Waals surface area contributed by atoms with Crippen LogP contribution in [0.25, 0.3) is 0 Å². The molecule has 1 aliphatic rings. The molecule has 1 aliphatic carbocycles. The van der Waals surface area contributed by atoms with E-state index in [9.17, 15) is 0 Å². The zero-order chi connectivity index (χ0) is 12.2. The lowest BCUT2D eigenvalue weighted by molar-refractivity contribution is 0.184. The zero-order valence-electron chi connectivity index (χ0n) is 12.0. The molecule has 16 heavy (non-hydrogen) atoms. The maximum absolute atomic E-state index is 3.69. The molecule has 3 unspecified atom stereocenters. The van der Waals surface area contributed by atoms with Crippen molar-refractivity contribution >= 4 is 0 Å². The summed E-state index contributed by atoms with van der Waals surface area (Å²) >= 11 is 0. The first-order chi connectivity index (χ1) is 7.42. The Morgan fingerprint density at radius 3 is 2.44 bits per heavy atom. The van der Waals surface area contributed by atoms with Crippen molar-refractivity contribution < 1.29 is 0 Å². The second-order valence-corrected chi connectivity index (χ2v) is 6.94. The SMILES string of the molecule is CCNC1CCC(C)CC1CCC(C)(C)C. The highest BCUT2D eigenvalue weighted by Gasteiger charge is 2.28. The van der Waals surface area contributed by atoms with Crippen molar-refractivity contribution in [2.45, 2.75) is 72.8 Å². The molecule has 96 valence electrons. The number of rotatable bonds is 4. The summed E-state index contributed by atoms with van der Waals surface area (Å²) in [6.45, 7) is 12.9. The van der Waals surface area contributed by atoms with E-state index in [-0.39, 0.29) is 0 Å². The Morgan fingerprint density at radius 1 is 1.19 bits per heavy atom. The van der Waals surface area contributed by atoms with Crippen LogP contribution in [0.15, 0.2) is 0 Å². The maximum Gasteiger partial charge on any atom is 0.00954 e. The first-order valence-corrected chi connectivity index (χ1v) is 7.15. The van der Waals surface area contributed by atoms with Crippen molar-refractivity contribution in [3.05, 3.63) is 0 Å². The molecule has 0 heterocycles. The van der Waals surface area contributed by atoms with Crippen molar-refractivity contribution in [3.63, 3.8) is 0 Å². The predicted molar refractivity (Wildman–Crippen MR) is 72.7 cm³/mol. The molecule has 0 aromatic heterocycles. The van der Waals surface area contributed by atoms with E-state index in [1.54, 1.807) is 0 Å². The summed E-state index contributed by atoms with van der Waals surface area (Å²) in [5, 5.41) is 3.69. The Labute approximate surface area is 102 Å². The summed E-state index contributed by atoms with van der Waals surface area (Å²) in [4.78, 5) is 0. The molecule has 0 aromatic carbocycles. The fourth-order valence-corrected chi connectivity index (χ4v) is 2.97. The first-order valence-electron chi connectivity index (χ1n) is 7.15. The third kappa shape index (κ3) is 4.86. The van der Waals surface area contributed by atoms with Gasteiger partial charge in [0.2, 0.25) is 0 Å². The van der Waals surface area contributed by atoms with Gasteiger partial charge in [-0.25, -0.2) is 0 Å². The molecule has 1 nitrogen and oxygen atoms in total. The molecular weight excluding hydrogens is 194 g/mol. The van der Waals surface area contributed by atoms with Gasteiger partial charge in [0.1, 0.15) is 0 Å². The van der Waals surface area contributed by atoms with Gasteiger partial charge in [-0.1, -0.05) is 34.6 Å². The summed E-state index contributed by atoms with van der Waals surface area (Å²) in [6, 6.07) is 0.795. The van der Waals surface area contributed by atoms with Gasteiger partial charge in [0.05, 0.1) is 0 Å². The van der Waals surface area contributed by atoms with E-state index in [0.29, 0.717) is 5.41 Å². The first kappa shape index (κ1) is 14.0. The van der Waals surface area contributed by atoms with E-state index in [1.807, 2.05) is 0 Å². The molecule has 0 radical (unpaired) electrons. The van der Waals surface area contributed by atoms with Crippen molar-refractivity contribution in [2.24, 2.45) is 17.3 Å². The summed E-state index contributed by atoms with van der Waals surface area (Å²) in [6.07, 6.45) is 7.03. The Bertz CT molecular complexity index is 192. The molecule has 1 saturated carbocycles. The molecule has 3 atom stereocenters. The second kappa shape index (κ2) is 6.05. The Balaban J connectivity index is 2.44. The van der Waals surface area contributed by atoms with Crippen LogP contribution in [0.4, 0.5) is 0 Å². The monoisotopic (exact) mass is 225 g/mol. The molecule has 0 bridgehead atoms. The smallest absolute Gasteiger partial charge is 0.00954 e. The fourth-order valence-electron chi connectivity index (χ4n) is 2.97. The van der Waals surface area contributed by atoms with Crippen LogP contribution in [0.2, 0.25) is 0 Å². The highest BCUT2D eigenvalue weighted by Crippen LogP contribution is 2.34. The van der Waals surface area contributed by atoms with Crippen molar-refractivity contribution in [2.75, 3.05) is 6.54 Å². The van der Waals surface area contributed by atoms with E-state index in [2.05, 4.69) is 39.9 Å². The third-order valence-electron chi connectivity index (χ3n) is 3.98. The van der Waals surface area contributed by atoms with Gasteiger partial charge in [0.25, 0.3) is 0 Å². The number of hydrogen-bond acceptors (Lipinski definition) is 1. The van der Waals surface area contributed by atoms with Crippen LogP contribution in [0, 0.1) is 17.3 Å². The molecule has 0 amide bonds. The van der Waals surface area contributed by atoms with E-state index >= 15 is 0 Å². The minimum Gasteiger partial charge on any atom is -0.314 e. The van der Waals surface area contributed by atoms with Gasteiger partial charge in [-0.05, 0) is 55.9 Å². The zero-order valence-corrected chi connectivity index (χ0v) is 12.0. The summed E-state index contributed by atoms with van der Waals surface area (Å²) in [7, 11) is 0. The number of hydrogen-bond donors (Lipinski definition) is 1. The summed E-state index contributed by atoms with van der Waals surface area (Å²) < 4.78 is 0. The van der Waals surface area contributed by atoms with Crippen molar-refractivity contribution in [3.8, 4) is 0 Å². The molecule has 0 spiro atoms. The van der Waals surface area contributed by atoms with Crippen molar-refractivity contribution in [1.29, 1.82) is 0 Å². The normalized spacial score (nSPS) is 31.7. The quantitative estimate of drug-likeness (QED) is 0.755. The van der Waals surface area contributed by atoms with Gasteiger partial charge >= 0.3 is 0 Å². The van der Waals surface area contributed by atoms with Crippen molar-refractivity contribution in [1.82, 2.24) is 5.32 Å². The predicted octanol–water partition coefficient (Wildman–Crippen LogP) is 4.23. The van der Waals surface area contributed by atoms with Crippen LogP contribution in [0.5, 0.6) is 0 Å². The Morgan fingerprint density at radius 2 is 1.88 bits per heavy atom. The van der Waals surface area contributed by atoms with Gasteiger partial charge in [0, 0.05) is 6.04 Å². The largest absolute Gasteiger partial charge is 0.314 e. The highest BCUT2D eigenvalue weighted by atomic mass is 14.9. The molecule has 0 saturated heterocycles. The Kier molecular flexibility index (Phi) is 5.30. The second-order valence-electron chi connectivity index (χ2n) is 6.94. The molecule has 0 aromatic rings. The lowest BCUT2D eigenvalue weighted by Gasteiger charge is -2.36. The van der Waals surface area contributed by atoms with Gasteiger partial charge in [-0.2, -0.15) is 0 Å². The molecule has 1 fully saturated rings. The minimum atomic E-state index is 0.497. The fraction of sp³-hybridized carbons (Fsp3) is 1.00. The van der Waals surface area contributed by atoms with Crippen LogP contribution < -0.4 is 5.32 Å². The van der Waals surface area contributed by atoms with Gasteiger partial charge in [-0.3, -0.25) is 0 Å². The molecule has 1 heteroatoms. The van der Waals surface area contributed by atoms with Gasteiger partial charge < -0.3 is 5.32 Å². The molecule has 0 aliphatic heterocycles. The van der Waals surface area contributed by atoms with Crippen LogP contribution in [0.3, 0.4) is 0 Å². The average Bonchev–Trinajstić information content (AvgIpc) is 2.17. The van der Waals surface area contributed by atoms with E-state index in [1.165, 1.54) is 32.1 Å². The highest BCUT2D eigenvalue weighted by molar-refractivity contribution is 4.84. The molecular formula is C15H31N. The van der Waals surface area contributed by atoms with Crippen LogP contribution in [-0.4, -0.2) is 12.6 Å². The molecule has 1 N–H and O–H groups in total. The third-order valence-corrected chi connectivity index (χ3v) is 3.98. The van der Waals surface area contributed by atoms with Crippen LogP contribution >= 0.6 is 0 Å². The maximum atomic E-state index is 3.69. The van der Waals surface area contributed by atoms with Crippen LogP contribution in [0.1, 0.15) is 66.7 Å². The standard InChI is InChI=1S/C15H31N/c1-6-16-14-8-7-12(2)11-13(14)9-10-15(3,4)5/h12-14,16H,6-11H2,1-5H3. The van der Waals surface area contributed by atoms with E-state index in [0.717, 1.165) is 24.4 Å². The van der Waals surface area contributed by atoms with Crippen LogP contribution in [-0.2, 0) is 0 Å². The molecule has 1 rings (SSSR count). The van der Waals surface area contributed by atoms with Gasteiger partial charge in [-0.15, -0.1) is 0 Å². The number of nitrogens with one attached hydrogen (secondary N) is 1.